The Morgan fingerprint density at radius 3 is 2.34 bits per heavy atom. The quantitative estimate of drug-likeness (QED) is 0.0382. The van der Waals surface area contributed by atoms with Crippen molar-refractivity contribution in [3.63, 3.8) is 0 Å². The maximum absolute atomic E-state index is 12.5. The van der Waals surface area contributed by atoms with E-state index in [4.69, 9.17) is 14.5 Å². The van der Waals surface area contributed by atoms with Gasteiger partial charge in [0.1, 0.15) is 0 Å². The zero-order chi connectivity index (χ0) is 25.4. The molecule has 2 atom stereocenters. The number of carbonyl (C=O) groups excluding carboxylic acids is 1. The molecule has 2 unspecified atom stereocenters. The standard InChI is InChI=1S/C30H55NO4/c1-4-7-8-9-10-11-12-13-14-15-16-17-18-19-23-29(21-5-2)30(32)33-27-35-34-26-28-22-20-24-31(6-3)25-28/h10-11,13-14,28-29H,4-9,12,15-27H2,1-3H3. The smallest absolute Gasteiger partial charge is 0.311 e. The molecule has 204 valence electrons. The largest absolute Gasteiger partial charge is 0.435 e. The van der Waals surface area contributed by atoms with E-state index in [1.54, 1.807) is 0 Å². The number of likely N-dealkylation sites (tertiary alicyclic amines) is 1. The summed E-state index contributed by atoms with van der Waals surface area (Å²) in [5, 5.41) is 0. The van der Waals surface area contributed by atoms with Gasteiger partial charge >= 0.3 is 5.97 Å². The van der Waals surface area contributed by atoms with Crippen LogP contribution in [0.2, 0.25) is 0 Å². The molecule has 0 N–H and O–H groups in total. The van der Waals surface area contributed by atoms with E-state index in [1.807, 2.05) is 0 Å². The van der Waals surface area contributed by atoms with Crippen LogP contribution in [0.15, 0.2) is 24.3 Å². The van der Waals surface area contributed by atoms with Gasteiger partial charge < -0.3 is 9.64 Å². The Hall–Kier alpha value is -1.17. The third-order valence-corrected chi connectivity index (χ3v) is 6.91. The van der Waals surface area contributed by atoms with Crippen LogP contribution in [0.1, 0.15) is 117 Å². The first-order valence-corrected chi connectivity index (χ1v) is 14.6. The minimum absolute atomic E-state index is 0.0240. The van der Waals surface area contributed by atoms with E-state index in [0.29, 0.717) is 12.5 Å². The van der Waals surface area contributed by atoms with Crippen molar-refractivity contribution < 1.29 is 19.3 Å². The summed E-state index contributed by atoms with van der Waals surface area (Å²) >= 11 is 0. The Bertz CT molecular complexity index is 548. The molecule has 1 fully saturated rings. The molecule has 1 rings (SSSR count). The average molecular weight is 494 g/mol. The van der Waals surface area contributed by atoms with Crippen LogP contribution in [0, 0.1) is 11.8 Å². The molecule has 35 heavy (non-hydrogen) atoms. The maximum Gasteiger partial charge on any atom is 0.311 e. The molecule has 1 aliphatic heterocycles. The molecule has 0 aromatic carbocycles. The summed E-state index contributed by atoms with van der Waals surface area (Å²) in [4.78, 5) is 25.4. The van der Waals surface area contributed by atoms with Gasteiger partial charge in [0.05, 0.1) is 12.5 Å². The lowest BCUT2D eigenvalue weighted by atomic mass is 9.96. The average Bonchev–Trinajstić information content (AvgIpc) is 2.88. The molecule has 0 saturated carbocycles. The van der Waals surface area contributed by atoms with Gasteiger partial charge in [-0.15, -0.1) is 0 Å². The van der Waals surface area contributed by atoms with Crippen LogP contribution < -0.4 is 0 Å². The molecule has 0 spiro atoms. The number of esters is 1. The van der Waals surface area contributed by atoms with Crippen LogP contribution >= 0.6 is 0 Å². The van der Waals surface area contributed by atoms with Crippen molar-refractivity contribution in [2.24, 2.45) is 11.8 Å². The highest BCUT2D eigenvalue weighted by atomic mass is 17.2. The number of carbonyl (C=O) groups is 1. The molecule has 5 heteroatoms. The van der Waals surface area contributed by atoms with Crippen molar-refractivity contribution >= 4 is 5.97 Å². The van der Waals surface area contributed by atoms with Crippen LogP contribution in [-0.4, -0.2) is 43.9 Å². The Morgan fingerprint density at radius 1 is 0.886 bits per heavy atom. The van der Waals surface area contributed by atoms with Crippen LogP contribution in [-0.2, 0) is 19.3 Å². The van der Waals surface area contributed by atoms with E-state index < -0.39 is 0 Å². The molecule has 0 aromatic rings. The number of allylic oxidation sites excluding steroid dienone is 4. The van der Waals surface area contributed by atoms with Gasteiger partial charge in [-0.05, 0) is 76.8 Å². The summed E-state index contributed by atoms with van der Waals surface area (Å²) < 4.78 is 5.35. The van der Waals surface area contributed by atoms with Crippen molar-refractivity contribution in [2.75, 3.05) is 33.0 Å². The van der Waals surface area contributed by atoms with Crippen molar-refractivity contribution in [3.05, 3.63) is 24.3 Å². The third kappa shape index (κ3) is 17.8. The second-order valence-electron chi connectivity index (χ2n) is 10.0. The fraction of sp³-hybridized carbons (Fsp3) is 0.833. The highest BCUT2D eigenvalue weighted by Gasteiger charge is 2.20. The van der Waals surface area contributed by atoms with Crippen LogP contribution in [0.25, 0.3) is 0 Å². The summed E-state index contributed by atoms with van der Waals surface area (Å²) in [7, 11) is 0. The number of rotatable bonds is 22. The second-order valence-corrected chi connectivity index (χ2v) is 10.0. The predicted octanol–water partition coefficient (Wildman–Crippen LogP) is 8.01. The summed E-state index contributed by atoms with van der Waals surface area (Å²) in [6.07, 6.45) is 26.4. The van der Waals surface area contributed by atoms with Crippen LogP contribution in [0.3, 0.4) is 0 Å². The Kier molecular flexibility index (Phi) is 21.2. The van der Waals surface area contributed by atoms with Gasteiger partial charge in [0.25, 0.3) is 0 Å². The third-order valence-electron chi connectivity index (χ3n) is 6.91. The molecule has 0 amide bonds. The SMILES string of the molecule is CCCCCC=CCC=CCCCCCCC(CCC)C(=O)OCOOCC1CCCN(CC)C1. The van der Waals surface area contributed by atoms with Crippen molar-refractivity contribution in [1.29, 1.82) is 0 Å². The number of unbranched alkanes of at least 4 members (excludes halogenated alkanes) is 7. The minimum Gasteiger partial charge on any atom is -0.435 e. The van der Waals surface area contributed by atoms with E-state index in [1.165, 1.54) is 64.3 Å². The lowest BCUT2D eigenvalue weighted by Gasteiger charge is -2.31. The second kappa shape index (κ2) is 23.2. The van der Waals surface area contributed by atoms with Gasteiger partial charge in [0.15, 0.2) is 0 Å². The first-order chi connectivity index (χ1) is 17.2. The van der Waals surface area contributed by atoms with Gasteiger partial charge in [-0.2, -0.15) is 4.89 Å². The van der Waals surface area contributed by atoms with Gasteiger partial charge in [-0.1, -0.05) is 83.6 Å². The van der Waals surface area contributed by atoms with Crippen molar-refractivity contribution in [2.45, 2.75) is 117 Å². The van der Waals surface area contributed by atoms with Gasteiger partial charge in [-0.3, -0.25) is 4.79 Å². The van der Waals surface area contributed by atoms with Crippen LogP contribution in [0.5, 0.6) is 0 Å². The molecule has 1 heterocycles. The first-order valence-electron chi connectivity index (χ1n) is 14.6. The summed E-state index contributed by atoms with van der Waals surface area (Å²) in [6, 6.07) is 0. The van der Waals surface area contributed by atoms with E-state index in [2.05, 4.69) is 50.0 Å². The van der Waals surface area contributed by atoms with E-state index >= 15 is 0 Å². The zero-order valence-electron chi connectivity index (χ0n) is 23.2. The first kappa shape index (κ1) is 31.9. The lowest BCUT2D eigenvalue weighted by Crippen LogP contribution is -2.37. The van der Waals surface area contributed by atoms with Gasteiger partial charge in [0, 0.05) is 6.54 Å². The summed E-state index contributed by atoms with van der Waals surface area (Å²) in [5.74, 6) is 0.333. The Morgan fingerprint density at radius 2 is 1.63 bits per heavy atom. The lowest BCUT2D eigenvalue weighted by molar-refractivity contribution is -0.337. The van der Waals surface area contributed by atoms with Gasteiger partial charge in [-0.25, -0.2) is 4.89 Å². The molecular formula is C30H55NO4. The number of hydrogen-bond acceptors (Lipinski definition) is 5. The fourth-order valence-corrected chi connectivity index (χ4v) is 4.71. The fourth-order valence-electron chi connectivity index (χ4n) is 4.71. The molecule has 0 radical (unpaired) electrons. The molecular weight excluding hydrogens is 438 g/mol. The predicted molar refractivity (Wildman–Crippen MR) is 146 cm³/mol. The minimum atomic E-state index is -0.143. The van der Waals surface area contributed by atoms with Crippen molar-refractivity contribution in [3.8, 4) is 0 Å². The molecule has 0 aromatic heterocycles. The van der Waals surface area contributed by atoms with Crippen molar-refractivity contribution in [1.82, 2.24) is 4.90 Å². The van der Waals surface area contributed by atoms with E-state index in [0.717, 1.165) is 51.6 Å². The van der Waals surface area contributed by atoms with Gasteiger partial charge in [0.2, 0.25) is 6.79 Å². The Labute approximate surface area is 216 Å². The molecule has 1 saturated heterocycles. The molecule has 0 aliphatic carbocycles. The number of nitrogens with zero attached hydrogens (tertiary/aromatic N) is 1. The highest BCUT2D eigenvalue weighted by Crippen LogP contribution is 2.19. The summed E-state index contributed by atoms with van der Waals surface area (Å²) in [5.41, 5.74) is 0. The molecule has 0 bridgehead atoms. The molecule has 1 aliphatic rings. The molecule has 5 nitrogen and oxygen atoms in total. The summed E-state index contributed by atoms with van der Waals surface area (Å²) in [6.45, 7) is 10.3. The topological polar surface area (TPSA) is 48.0 Å². The van der Waals surface area contributed by atoms with E-state index in [-0.39, 0.29) is 18.7 Å². The normalized spacial score (nSPS) is 18.0. The maximum atomic E-state index is 12.5. The highest BCUT2D eigenvalue weighted by molar-refractivity contribution is 5.72. The number of piperidine rings is 1. The monoisotopic (exact) mass is 493 g/mol. The van der Waals surface area contributed by atoms with E-state index in [9.17, 15) is 4.79 Å². The zero-order valence-corrected chi connectivity index (χ0v) is 23.2. The Balaban J connectivity index is 2.03. The number of hydrogen-bond donors (Lipinski definition) is 0. The van der Waals surface area contributed by atoms with Crippen LogP contribution in [0.4, 0.5) is 0 Å². The number of ether oxygens (including phenoxy) is 1.